The van der Waals surface area contributed by atoms with Crippen LogP contribution >= 0.6 is 11.6 Å². The first-order chi connectivity index (χ1) is 17.8. The molecule has 0 saturated carbocycles. The summed E-state index contributed by atoms with van der Waals surface area (Å²) in [6.45, 7) is 1.16. The summed E-state index contributed by atoms with van der Waals surface area (Å²) >= 11 is 6.32. The molecule has 0 aliphatic heterocycles. The minimum Gasteiger partial charge on any atom is -0.465 e. The number of aryl methyl sites for hydroxylation is 1. The van der Waals surface area contributed by atoms with Gasteiger partial charge >= 0.3 is 17.9 Å². The van der Waals surface area contributed by atoms with E-state index in [1.54, 1.807) is 0 Å². The number of benzene rings is 3. The van der Waals surface area contributed by atoms with Crippen LogP contribution in [0.5, 0.6) is 11.5 Å². The molecule has 0 saturated heterocycles. The molecule has 0 spiro atoms. The fourth-order valence-corrected chi connectivity index (χ4v) is 4.48. The van der Waals surface area contributed by atoms with Gasteiger partial charge in [0.25, 0.3) is 0 Å². The Labute approximate surface area is 217 Å². The number of esters is 1. The van der Waals surface area contributed by atoms with Crippen molar-refractivity contribution in [3.8, 4) is 11.5 Å². The maximum absolute atomic E-state index is 14.4. The van der Waals surface area contributed by atoms with E-state index in [0.29, 0.717) is 0 Å². The highest BCUT2D eigenvalue weighted by atomic mass is 35.5. The number of ether oxygens (including phenoxy) is 2. The lowest BCUT2D eigenvalue weighted by Gasteiger charge is -2.37. The number of hydrogen-bond donors (Lipinski definition) is 1. The number of methoxy groups -OCH3 is 1. The van der Waals surface area contributed by atoms with E-state index in [2.05, 4.69) is 4.74 Å². The van der Waals surface area contributed by atoms with Crippen molar-refractivity contribution in [3.63, 3.8) is 0 Å². The molecule has 0 radical (unpaired) electrons. The molecule has 0 bridgehead atoms. The van der Waals surface area contributed by atoms with Crippen molar-refractivity contribution in [1.29, 1.82) is 0 Å². The molecular weight excluding hydrogens is 534 g/mol. The summed E-state index contributed by atoms with van der Waals surface area (Å²) in [5.41, 5.74) is -4.13. The van der Waals surface area contributed by atoms with Crippen molar-refractivity contribution in [2.24, 2.45) is 7.05 Å². The molecule has 0 aliphatic carbocycles. The maximum atomic E-state index is 14.4. The van der Waals surface area contributed by atoms with Crippen LogP contribution in [0, 0.1) is 5.82 Å². The third-order valence-corrected chi connectivity index (χ3v) is 6.64. The van der Waals surface area contributed by atoms with E-state index in [4.69, 9.17) is 20.8 Å². The average Bonchev–Trinajstić information content (AvgIpc) is 3.14. The molecule has 1 aromatic heterocycles. The molecule has 3 aromatic carbocycles. The van der Waals surface area contributed by atoms with Gasteiger partial charge < -0.3 is 19.0 Å². The Bertz CT molecular complexity index is 1600. The third kappa shape index (κ3) is 4.63. The molecule has 0 amide bonds. The first-order valence-electron chi connectivity index (χ1n) is 11.0. The molecule has 12 heteroatoms. The Hall–Kier alpha value is -3.83. The van der Waals surface area contributed by atoms with Crippen LogP contribution in [0.4, 0.5) is 17.6 Å². The Balaban J connectivity index is 1.69. The van der Waals surface area contributed by atoms with Gasteiger partial charge in [0.05, 0.1) is 18.2 Å². The molecule has 1 heterocycles. The van der Waals surface area contributed by atoms with Gasteiger partial charge in [-0.25, -0.2) is 14.0 Å². The molecule has 2 unspecified atom stereocenters. The van der Waals surface area contributed by atoms with Crippen molar-refractivity contribution in [1.82, 2.24) is 4.57 Å². The Morgan fingerprint density at radius 2 is 1.74 bits per heavy atom. The van der Waals surface area contributed by atoms with E-state index < -0.39 is 40.8 Å². The van der Waals surface area contributed by atoms with Crippen LogP contribution in [0.2, 0.25) is 5.02 Å². The van der Waals surface area contributed by atoms with Crippen LogP contribution < -0.4 is 10.5 Å². The number of halogens is 5. The molecule has 0 fully saturated rings. The van der Waals surface area contributed by atoms with Crippen LogP contribution in [-0.4, -0.2) is 28.9 Å². The minimum absolute atomic E-state index is 0.00200. The summed E-state index contributed by atoms with van der Waals surface area (Å²) in [6.07, 6.45) is -5.14. The summed E-state index contributed by atoms with van der Waals surface area (Å²) in [5, 5.41) is 11.0. The van der Waals surface area contributed by atoms with E-state index in [9.17, 15) is 32.3 Å². The van der Waals surface area contributed by atoms with E-state index in [1.807, 2.05) is 0 Å². The smallest absolute Gasteiger partial charge is 0.422 e. The number of nitrogens with zero attached hydrogens (tertiary/aromatic N) is 1. The van der Waals surface area contributed by atoms with Gasteiger partial charge in [0.15, 0.2) is 11.2 Å². The monoisotopic (exact) mass is 553 g/mol. The second kappa shape index (κ2) is 9.80. The summed E-state index contributed by atoms with van der Waals surface area (Å²) in [4.78, 5) is 23.3. The van der Waals surface area contributed by atoms with Gasteiger partial charge in [-0.1, -0.05) is 30.7 Å². The van der Waals surface area contributed by atoms with E-state index in [1.165, 1.54) is 37.4 Å². The predicted octanol–water partition coefficient (Wildman–Crippen LogP) is 6.06. The molecule has 0 aliphatic rings. The lowest BCUT2D eigenvalue weighted by atomic mass is 9.77. The molecule has 4 aromatic rings. The Morgan fingerprint density at radius 3 is 2.34 bits per heavy atom. The highest BCUT2D eigenvalue weighted by molar-refractivity contribution is 6.31. The second-order valence-corrected chi connectivity index (χ2v) is 8.92. The van der Waals surface area contributed by atoms with Gasteiger partial charge in [-0.15, -0.1) is 0 Å². The number of hydrogen-bond acceptors (Lipinski definition) is 6. The van der Waals surface area contributed by atoms with Gasteiger partial charge in [-0.05, 0) is 47.5 Å². The standard InChI is InChI=1S/C26H20ClF4NO6/c1-13(25(35,26(29,30)31)14-4-9-22-21(10-14)32(2)24(34)38-22)17-7-5-15(11-19(17)27)37-16-6-8-18(20(28)12-16)23(33)36-3/h4-13,35H,1-3H3. The van der Waals surface area contributed by atoms with Gasteiger partial charge in [-0.2, -0.15) is 13.2 Å². The maximum Gasteiger partial charge on any atom is 0.422 e. The molecule has 2 atom stereocenters. The molecule has 200 valence electrons. The number of oxazole rings is 1. The number of aliphatic hydroxyl groups is 1. The normalized spacial score (nSPS) is 14.2. The van der Waals surface area contributed by atoms with Gasteiger partial charge in [-0.3, -0.25) is 4.57 Å². The Kier molecular flexibility index (Phi) is 7.02. The quantitative estimate of drug-likeness (QED) is 0.231. The number of rotatable bonds is 6. The van der Waals surface area contributed by atoms with E-state index >= 15 is 0 Å². The fraction of sp³-hybridized carbons (Fsp3) is 0.231. The topological polar surface area (TPSA) is 90.9 Å². The zero-order chi connectivity index (χ0) is 28.0. The lowest BCUT2D eigenvalue weighted by molar-refractivity contribution is -0.274. The predicted molar refractivity (Wildman–Crippen MR) is 129 cm³/mol. The first-order valence-corrected chi connectivity index (χ1v) is 11.4. The number of carbonyl (C=O) groups is 1. The summed E-state index contributed by atoms with van der Waals surface area (Å²) in [7, 11) is 2.44. The fourth-order valence-electron chi connectivity index (χ4n) is 4.14. The summed E-state index contributed by atoms with van der Waals surface area (Å²) in [6, 6.07) is 10.5. The van der Waals surface area contributed by atoms with Crippen LogP contribution in [0.3, 0.4) is 0 Å². The second-order valence-electron chi connectivity index (χ2n) is 8.51. The number of fused-ring (bicyclic) bond motifs is 1. The SMILES string of the molecule is COC(=O)c1ccc(Oc2ccc(C(C)C(O)(c3ccc4oc(=O)n(C)c4c3)C(F)(F)F)c(Cl)c2)cc1F. The summed E-state index contributed by atoms with van der Waals surface area (Å²) in [5.74, 6) is -4.07. The average molecular weight is 554 g/mol. The number of carbonyl (C=O) groups excluding carboxylic acids is 1. The summed E-state index contributed by atoms with van der Waals surface area (Å²) < 4.78 is 73.4. The highest BCUT2D eigenvalue weighted by Gasteiger charge is 2.59. The highest BCUT2D eigenvalue weighted by Crippen LogP contribution is 2.50. The van der Waals surface area contributed by atoms with Crippen LogP contribution in [0.25, 0.3) is 11.1 Å². The van der Waals surface area contributed by atoms with Crippen molar-refractivity contribution in [2.45, 2.75) is 24.6 Å². The molecule has 7 nitrogen and oxygen atoms in total. The number of alkyl halides is 3. The van der Waals surface area contributed by atoms with Crippen molar-refractivity contribution in [2.75, 3.05) is 7.11 Å². The van der Waals surface area contributed by atoms with Gasteiger partial charge in [0.2, 0.25) is 0 Å². The van der Waals surface area contributed by atoms with Crippen LogP contribution in [-0.2, 0) is 17.4 Å². The number of aromatic nitrogens is 1. The largest absolute Gasteiger partial charge is 0.465 e. The van der Waals surface area contributed by atoms with Crippen LogP contribution in [0.15, 0.2) is 63.8 Å². The van der Waals surface area contributed by atoms with Crippen molar-refractivity contribution < 1.29 is 41.4 Å². The Morgan fingerprint density at radius 1 is 1.08 bits per heavy atom. The lowest BCUT2D eigenvalue weighted by Crippen LogP contribution is -2.46. The van der Waals surface area contributed by atoms with Crippen molar-refractivity contribution >= 4 is 28.7 Å². The third-order valence-electron chi connectivity index (χ3n) is 6.31. The van der Waals surface area contributed by atoms with Gasteiger partial charge in [0, 0.05) is 24.1 Å². The molecule has 1 N–H and O–H groups in total. The zero-order valence-electron chi connectivity index (χ0n) is 20.1. The molecule has 4 rings (SSSR count). The minimum atomic E-state index is -5.14. The van der Waals surface area contributed by atoms with Crippen LogP contribution in [0.1, 0.15) is 34.3 Å². The first kappa shape index (κ1) is 27.2. The zero-order valence-corrected chi connectivity index (χ0v) is 20.9. The van der Waals surface area contributed by atoms with Gasteiger partial charge in [0.1, 0.15) is 17.3 Å². The molecular formula is C26H20ClF4NO6. The van der Waals surface area contributed by atoms with Crippen molar-refractivity contribution in [3.05, 3.63) is 92.7 Å². The van der Waals surface area contributed by atoms with E-state index in [0.717, 1.165) is 42.9 Å². The van der Waals surface area contributed by atoms with E-state index in [-0.39, 0.29) is 38.7 Å². The molecule has 38 heavy (non-hydrogen) atoms.